The van der Waals surface area contributed by atoms with E-state index in [9.17, 15) is 9.59 Å². The number of esters is 2. The van der Waals surface area contributed by atoms with Crippen molar-refractivity contribution in [3.63, 3.8) is 0 Å². The topological polar surface area (TPSA) is 52.6 Å². The second-order valence-electron chi connectivity index (χ2n) is 8.33. The number of ether oxygens (including phenoxy) is 2. The van der Waals surface area contributed by atoms with Crippen molar-refractivity contribution in [1.29, 1.82) is 0 Å². The second kappa shape index (κ2) is 12.9. The fourth-order valence-electron chi connectivity index (χ4n) is 3.38. The van der Waals surface area contributed by atoms with E-state index in [0.29, 0.717) is 5.56 Å². The zero-order valence-corrected chi connectivity index (χ0v) is 19.4. The van der Waals surface area contributed by atoms with Crippen molar-refractivity contribution < 1.29 is 19.1 Å². The molecule has 1 atom stereocenters. The number of unbranched alkanes of at least 4 members (excludes halogenated alkanes) is 5. The Labute approximate surface area is 187 Å². The first-order valence-corrected chi connectivity index (χ1v) is 11.5. The van der Waals surface area contributed by atoms with Crippen LogP contribution in [0.3, 0.4) is 0 Å². The predicted octanol–water partition coefficient (Wildman–Crippen LogP) is 6.75. The van der Waals surface area contributed by atoms with Crippen LogP contribution in [0, 0.1) is 0 Å². The van der Waals surface area contributed by atoms with Gasteiger partial charge in [-0.05, 0) is 62.4 Å². The Kier molecular flexibility index (Phi) is 10.3. The van der Waals surface area contributed by atoms with Gasteiger partial charge in [0.1, 0.15) is 0 Å². The summed E-state index contributed by atoms with van der Waals surface area (Å²) in [6.45, 7) is 7.27. The third-order valence-corrected chi connectivity index (χ3v) is 5.19. The molecule has 0 aliphatic heterocycles. The molecule has 0 aromatic heterocycles. The van der Waals surface area contributed by atoms with Crippen molar-refractivity contribution in [2.24, 2.45) is 0 Å². The number of carbonyl (C=O) groups is 2. The van der Waals surface area contributed by atoms with Crippen LogP contribution < -0.4 is 0 Å². The van der Waals surface area contributed by atoms with E-state index in [4.69, 9.17) is 9.47 Å². The highest BCUT2D eigenvalue weighted by Crippen LogP contribution is 2.22. The van der Waals surface area contributed by atoms with Crippen molar-refractivity contribution in [1.82, 2.24) is 0 Å². The summed E-state index contributed by atoms with van der Waals surface area (Å²) >= 11 is 0. The number of aryl methyl sites for hydroxylation is 1. The standard InChI is InChI=1S/C27H36O4/c1-5-6-7-8-9-10-11-22-12-14-23(15-13-22)24-16-18-25(19-17-24)27(29)31-21(4)26(28)30-20(2)3/h12-21H,5-11H2,1-4H3/t21-/m1/s1. The van der Waals surface area contributed by atoms with Gasteiger partial charge in [-0.3, -0.25) is 0 Å². The van der Waals surface area contributed by atoms with E-state index in [2.05, 4.69) is 31.2 Å². The molecule has 0 saturated carbocycles. The molecule has 0 bridgehead atoms. The van der Waals surface area contributed by atoms with Crippen molar-refractivity contribution in [3.05, 3.63) is 59.7 Å². The van der Waals surface area contributed by atoms with Crippen LogP contribution in [0.1, 0.15) is 82.1 Å². The first kappa shape index (κ1) is 24.6. The fraction of sp³-hybridized carbons (Fsp3) is 0.481. The van der Waals surface area contributed by atoms with Gasteiger partial charge >= 0.3 is 11.9 Å². The molecule has 0 heterocycles. The molecule has 0 aliphatic carbocycles. The molecule has 0 radical (unpaired) electrons. The van der Waals surface area contributed by atoms with Crippen molar-refractivity contribution in [2.75, 3.05) is 0 Å². The van der Waals surface area contributed by atoms with Crippen LogP contribution in [0.4, 0.5) is 0 Å². The largest absolute Gasteiger partial charge is 0.460 e. The first-order chi connectivity index (χ1) is 14.9. The van der Waals surface area contributed by atoms with E-state index in [1.165, 1.54) is 51.0 Å². The minimum Gasteiger partial charge on any atom is -0.460 e. The maximum Gasteiger partial charge on any atom is 0.347 e. The highest BCUT2D eigenvalue weighted by molar-refractivity contribution is 5.92. The lowest BCUT2D eigenvalue weighted by Crippen LogP contribution is -2.28. The smallest absolute Gasteiger partial charge is 0.347 e. The summed E-state index contributed by atoms with van der Waals surface area (Å²) in [5, 5.41) is 0. The average molecular weight is 425 g/mol. The van der Waals surface area contributed by atoms with Crippen molar-refractivity contribution in [2.45, 2.75) is 84.8 Å². The predicted molar refractivity (Wildman–Crippen MR) is 125 cm³/mol. The lowest BCUT2D eigenvalue weighted by atomic mass is 10.00. The van der Waals surface area contributed by atoms with Crippen LogP contribution in [-0.2, 0) is 20.7 Å². The molecule has 4 heteroatoms. The molecule has 2 aromatic rings. The Morgan fingerprint density at radius 1 is 0.742 bits per heavy atom. The van der Waals surface area contributed by atoms with E-state index in [1.807, 2.05) is 12.1 Å². The van der Waals surface area contributed by atoms with E-state index >= 15 is 0 Å². The molecule has 0 unspecified atom stereocenters. The minimum atomic E-state index is -0.936. The summed E-state index contributed by atoms with van der Waals surface area (Å²) in [6.07, 6.45) is 7.78. The number of rotatable bonds is 12. The average Bonchev–Trinajstić information content (AvgIpc) is 2.76. The second-order valence-corrected chi connectivity index (χ2v) is 8.33. The van der Waals surface area contributed by atoms with Gasteiger partial charge in [0.2, 0.25) is 0 Å². The Hall–Kier alpha value is -2.62. The van der Waals surface area contributed by atoms with Gasteiger partial charge in [0.15, 0.2) is 6.10 Å². The van der Waals surface area contributed by atoms with Gasteiger partial charge in [-0.1, -0.05) is 75.4 Å². The molecule has 4 nitrogen and oxygen atoms in total. The molecule has 0 aliphatic rings. The van der Waals surface area contributed by atoms with Crippen molar-refractivity contribution >= 4 is 11.9 Å². The quantitative estimate of drug-likeness (QED) is 0.279. The maximum atomic E-state index is 12.3. The number of carbonyl (C=O) groups excluding carboxylic acids is 2. The normalized spacial score (nSPS) is 11.9. The monoisotopic (exact) mass is 424 g/mol. The van der Waals surface area contributed by atoms with Crippen LogP contribution in [-0.4, -0.2) is 24.1 Å². The van der Waals surface area contributed by atoms with E-state index < -0.39 is 18.0 Å². The molecule has 0 spiro atoms. The molecular weight excluding hydrogens is 388 g/mol. The first-order valence-electron chi connectivity index (χ1n) is 11.5. The Morgan fingerprint density at radius 2 is 1.29 bits per heavy atom. The minimum absolute atomic E-state index is 0.245. The van der Waals surface area contributed by atoms with Gasteiger partial charge in [0, 0.05) is 0 Å². The van der Waals surface area contributed by atoms with Crippen LogP contribution in [0.5, 0.6) is 0 Å². The lowest BCUT2D eigenvalue weighted by Gasteiger charge is -2.14. The van der Waals surface area contributed by atoms with Gasteiger partial charge in [0.25, 0.3) is 0 Å². The van der Waals surface area contributed by atoms with Gasteiger partial charge in [-0.2, -0.15) is 0 Å². The van der Waals surface area contributed by atoms with Gasteiger partial charge in [-0.15, -0.1) is 0 Å². The molecule has 0 fully saturated rings. The van der Waals surface area contributed by atoms with Crippen LogP contribution in [0.15, 0.2) is 48.5 Å². The van der Waals surface area contributed by atoms with Gasteiger partial charge in [0.05, 0.1) is 11.7 Å². The summed E-state index contributed by atoms with van der Waals surface area (Å²) in [5.41, 5.74) is 3.92. The lowest BCUT2D eigenvalue weighted by molar-refractivity contribution is -0.156. The zero-order chi connectivity index (χ0) is 22.6. The zero-order valence-electron chi connectivity index (χ0n) is 19.4. The highest BCUT2D eigenvalue weighted by atomic mass is 16.6. The Morgan fingerprint density at radius 3 is 1.87 bits per heavy atom. The van der Waals surface area contributed by atoms with Gasteiger partial charge < -0.3 is 9.47 Å². The molecule has 0 N–H and O–H groups in total. The van der Waals surface area contributed by atoms with Gasteiger partial charge in [-0.25, -0.2) is 9.59 Å². The molecular formula is C27H36O4. The fourth-order valence-corrected chi connectivity index (χ4v) is 3.38. The molecule has 2 aromatic carbocycles. The van der Waals surface area contributed by atoms with Crippen LogP contribution >= 0.6 is 0 Å². The molecule has 168 valence electrons. The number of benzene rings is 2. The Bertz CT molecular complexity index is 806. The summed E-state index contributed by atoms with van der Waals surface area (Å²) < 4.78 is 10.3. The van der Waals surface area contributed by atoms with E-state index in [1.54, 1.807) is 26.0 Å². The molecule has 31 heavy (non-hydrogen) atoms. The van der Waals surface area contributed by atoms with E-state index in [0.717, 1.165) is 17.5 Å². The van der Waals surface area contributed by atoms with Crippen LogP contribution in [0.2, 0.25) is 0 Å². The summed E-state index contributed by atoms with van der Waals surface area (Å²) in [5.74, 6) is -1.07. The molecule has 2 rings (SSSR count). The van der Waals surface area contributed by atoms with Crippen molar-refractivity contribution in [3.8, 4) is 11.1 Å². The highest BCUT2D eigenvalue weighted by Gasteiger charge is 2.21. The Balaban J connectivity index is 1.86. The summed E-state index contributed by atoms with van der Waals surface area (Å²) in [6, 6.07) is 15.9. The summed E-state index contributed by atoms with van der Waals surface area (Å²) in [4.78, 5) is 24.1. The molecule has 0 saturated heterocycles. The summed E-state index contributed by atoms with van der Waals surface area (Å²) in [7, 11) is 0. The number of hydrogen-bond donors (Lipinski definition) is 0. The third kappa shape index (κ3) is 8.56. The van der Waals surface area contributed by atoms with E-state index in [-0.39, 0.29) is 6.10 Å². The SMILES string of the molecule is CCCCCCCCc1ccc(-c2ccc(C(=O)O[C@H](C)C(=O)OC(C)C)cc2)cc1. The number of hydrogen-bond acceptors (Lipinski definition) is 4. The third-order valence-electron chi connectivity index (χ3n) is 5.19. The van der Waals surface area contributed by atoms with Crippen LogP contribution in [0.25, 0.3) is 11.1 Å². The molecule has 0 amide bonds. The maximum absolute atomic E-state index is 12.3.